The summed E-state index contributed by atoms with van der Waals surface area (Å²) in [5.74, 6) is 0.359. The molecule has 4 heteroatoms. The fraction of sp³-hybridized carbons (Fsp3) is 1.00. The summed E-state index contributed by atoms with van der Waals surface area (Å²) in [6, 6.07) is 0.346. The average Bonchev–Trinajstić information content (AvgIpc) is 2.85. The predicted octanol–water partition coefficient (Wildman–Crippen LogP) is 2.62. The van der Waals surface area contributed by atoms with Gasteiger partial charge in [-0.1, -0.05) is 13.8 Å². The van der Waals surface area contributed by atoms with Crippen molar-refractivity contribution >= 4 is 10.0 Å². The highest BCUT2D eigenvalue weighted by atomic mass is 32.2. The Bertz CT molecular complexity index is 337. The molecule has 1 rings (SSSR count). The Labute approximate surface area is 100 Å². The third-order valence-electron chi connectivity index (χ3n) is 3.32. The van der Waals surface area contributed by atoms with Crippen molar-refractivity contribution in [2.24, 2.45) is 5.92 Å². The molecule has 0 aliphatic heterocycles. The van der Waals surface area contributed by atoms with Crippen LogP contribution in [0.2, 0.25) is 0 Å². The molecule has 0 N–H and O–H groups in total. The van der Waals surface area contributed by atoms with E-state index in [1.54, 1.807) is 25.1 Å². The lowest BCUT2D eigenvalue weighted by atomic mass is 10.1. The van der Waals surface area contributed by atoms with Gasteiger partial charge in [0.2, 0.25) is 10.0 Å². The van der Waals surface area contributed by atoms with Crippen molar-refractivity contribution in [2.45, 2.75) is 71.2 Å². The summed E-state index contributed by atoms with van der Waals surface area (Å²) >= 11 is 0. The van der Waals surface area contributed by atoms with Crippen molar-refractivity contribution < 1.29 is 8.42 Å². The van der Waals surface area contributed by atoms with Crippen molar-refractivity contribution in [3.8, 4) is 0 Å². The van der Waals surface area contributed by atoms with Gasteiger partial charge in [0.05, 0.1) is 4.75 Å². The highest BCUT2D eigenvalue weighted by Gasteiger charge is 2.46. The number of sulfonamides is 1. The minimum absolute atomic E-state index is 0.0942. The monoisotopic (exact) mass is 247 g/mol. The van der Waals surface area contributed by atoms with E-state index in [-0.39, 0.29) is 12.1 Å². The first-order chi connectivity index (χ1) is 7.09. The van der Waals surface area contributed by atoms with Crippen molar-refractivity contribution in [2.75, 3.05) is 0 Å². The summed E-state index contributed by atoms with van der Waals surface area (Å²) in [5, 5.41) is 0. The smallest absolute Gasteiger partial charge is 0.212 e. The van der Waals surface area contributed by atoms with Crippen LogP contribution >= 0.6 is 0 Å². The molecule has 0 radical (unpaired) electrons. The average molecular weight is 247 g/mol. The molecule has 1 saturated carbocycles. The van der Waals surface area contributed by atoms with Gasteiger partial charge in [-0.3, -0.25) is 0 Å². The van der Waals surface area contributed by atoms with Crippen LogP contribution in [-0.2, 0) is 10.0 Å². The summed E-state index contributed by atoms with van der Waals surface area (Å²) in [7, 11) is -3.19. The van der Waals surface area contributed by atoms with Crippen LogP contribution in [0.15, 0.2) is 0 Å². The van der Waals surface area contributed by atoms with Gasteiger partial charge in [0, 0.05) is 12.1 Å². The molecule has 1 aliphatic carbocycles. The van der Waals surface area contributed by atoms with E-state index < -0.39 is 14.8 Å². The van der Waals surface area contributed by atoms with Crippen molar-refractivity contribution in [1.82, 2.24) is 4.31 Å². The highest BCUT2D eigenvalue weighted by molar-refractivity contribution is 7.90. The minimum atomic E-state index is -3.19. The van der Waals surface area contributed by atoms with E-state index in [1.165, 1.54) is 0 Å². The zero-order chi connectivity index (χ0) is 12.7. The van der Waals surface area contributed by atoms with Gasteiger partial charge in [-0.25, -0.2) is 8.42 Å². The van der Waals surface area contributed by atoms with Crippen LogP contribution in [-0.4, -0.2) is 29.6 Å². The first-order valence-electron chi connectivity index (χ1n) is 6.12. The lowest BCUT2D eigenvalue weighted by Crippen LogP contribution is -2.50. The lowest BCUT2D eigenvalue weighted by molar-refractivity contribution is 0.262. The molecule has 0 aromatic carbocycles. The molecule has 0 aromatic heterocycles. The van der Waals surface area contributed by atoms with Gasteiger partial charge < -0.3 is 0 Å². The first kappa shape index (κ1) is 14.0. The standard InChI is InChI=1S/C12H25NO2S/c1-9(2)10(3)13(11-7-8-11)16(14,15)12(4,5)6/h9-11H,7-8H2,1-6H3/t10-/m0/s1. The second kappa shape index (κ2) is 4.30. The molecule has 0 bridgehead atoms. The molecule has 3 nitrogen and oxygen atoms in total. The maximum atomic E-state index is 12.5. The zero-order valence-corrected chi connectivity index (χ0v) is 12.1. The van der Waals surface area contributed by atoms with E-state index in [9.17, 15) is 8.42 Å². The van der Waals surface area contributed by atoms with Crippen molar-refractivity contribution in [3.05, 3.63) is 0 Å². The molecule has 16 heavy (non-hydrogen) atoms. The number of hydrogen-bond donors (Lipinski definition) is 0. The van der Waals surface area contributed by atoms with Gasteiger partial charge in [-0.05, 0) is 46.5 Å². The molecule has 0 unspecified atom stereocenters. The molecule has 1 fully saturated rings. The topological polar surface area (TPSA) is 37.4 Å². The zero-order valence-electron chi connectivity index (χ0n) is 11.3. The molecule has 1 atom stereocenters. The van der Waals surface area contributed by atoms with Gasteiger partial charge in [0.15, 0.2) is 0 Å². The predicted molar refractivity (Wildman–Crippen MR) is 67.8 cm³/mol. The van der Waals surface area contributed by atoms with Gasteiger partial charge >= 0.3 is 0 Å². The van der Waals surface area contributed by atoms with Crippen LogP contribution in [0.25, 0.3) is 0 Å². The van der Waals surface area contributed by atoms with E-state index in [0.717, 1.165) is 12.8 Å². The largest absolute Gasteiger partial charge is 0.219 e. The van der Waals surface area contributed by atoms with E-state index in [0.29, 0.717) is 5.92 Å². The molecular weight excluding hydrogens is 222 g/mol. The summed E-state index contributed by atoms with van der Waals surface area (Å²) in [5.41, 5.74) is 0. The Morgan fingerprint density at radius 1 is 1.12 bits per heavy atom. The summed E-state index contributed by atoms with van der Waals surface area (Å²) in [4.78, 5) is 0. The van der Waals surface area contributed by atoms with Gasteiger partial charge in [-0.15, -0.1) is 0 Å². The normalized spacial score (nSPS) is 20.5. The first-order valence-corrected chi connectivity index (χ1v) is 7.56. The van der Waals surface area contributed by atoms with Crippen LogP contribution in [0.3, 0.4) is 0 Å². The minimum Gasteiger partial charge on any atom is -0.212 e. The summed E-state index contributed by atoms with van der Waals surface area (Å²) in [6.07, 6.45) is 2.04. The fourth-order valence-electron chi connectivity index (χ4n) is 1.69. The van der Waals surface area contributed by atoms with Gasteiger partial charge in [0.1, 0.15) is 0 Å². The highest BCUT2D eigenvalue weighted by Crippen LogP contribution is 2.36. The van der Waals surface area contributed by atoms with Crippen molar-refractivity contribution in [3.63, 3.8) is 0 Å². The fourth-order valence-corrected chi connectivity index (χ4v) is 3.60. The van der Waals surface area contributed by atoms with Crippen LogP contribution in [0.1, 0.15) is 54.4 Å². The SMILES string of the molecule is CC(C)[C@H](C)N(C1CC1)S(=O)(=O)C(C)(C)C. The Morgan fingerprint density at radius 3 is 1.81 bits per heavy atom. The van der Waals surface area contributed by atoms with Gasteiger partial charge in [0.25, 0.3) is 0 Å². The van der Waals surface area contributed by atoms with Crippen LogP contribution in [0, 0.1) is 5.92 Å². The van der Waals surface area contributed by atoms with Crippen LogP contribution in [0.5, 0.6) is 0 Å². The second-order valence-corrected chi connectivity index (χ2v) is 8.76. The summed E-state index contributed by atoms with van der Waals surface area (Å²) in [6.45, 7) is 11.5. The molecular formula is C12H25NO2S. The molecule has 0 saturated heterocycles. The molecule has 96 valence electrons. The number of hydrogen-bond acceptors (Lipinski definition) is 2. The van der Waals surface area contributed by atoms with Crippen LogP contribution in [0.4, 0.5) is 0 Å². The maximum absolute atomic E-state index is 12.5. The molecule has 1 aliphatic rings. The molecule has 0 aromatic rings. The molecule has 0 amide bonds. The van der Waals surface area contributed by atoms with Crippen molar-refractivity contribution in [1.29, 1.82) is 0 Å². The molecule has 0 heterocycles. The Kier molecular flexibility index (Phi) is 3.75. The lowest BCUT2D eigenvalue weighted by Gasteiger charge is -2.36. The third kappa shape index (κ3) is 2.59. The maximum Gasteiger partial charge on any atom is 0.219 e. The van der Waals surface area contributed by atoms with E-state index >= 15 is 0 Å². The Hall–Kier alpha value is -0.0900. The number of rotatable bonds is 4. The van der Waals surface area contributed by atoms with Crippen LogP contribution < -0.4 is 0 Å². The quantitative estimate of drug-likeness (QED) is 0.766. The third-order valence-corrected chi connectivity index (χ3v) is 6.06. The van der Waals surface area contributed by atoms with E-state index in [4.69, 9.17) is 0 Å². The second-order valence-electron chi connectivity index (χ2n) is 6.16. The van der Waals surface area contributed by atoms with E-state index in [2.05, 4.69) is 13.8 Å². The molecule has 0 spiro atoms. The summed E-state index contributed by atoms with van der Waals surface area (Å²) < 4.78 is 26.1. The number of nitrogens with zero attached hydrogens (tertiary/aromatic N) is 1. The Balaban J connectivity index is 3.04. The Morgan fingerprint density at radius 2 is 1.56 bits per heavy atom. The van der Waals surface area contributed by atoms with Gasteiger partial charge in [-0.2, -0.15) is 4.31 Å². The van der Waals surface area contributed by atoms with E-state index in [1.807, 2.05) is 6.92 Å².